The van der Waals surface area contributed by atoms with Crippen molar-refractivity contribution >= 4 is 28.1 Å². The van der Waals surface area contributed by atoms with E-state index in [9.17, 15) is 4.79 Å². The Morgan fingerprint density at radius 2 is 1.28 bits per heavy atom. The molecule has 0 spiro atoms. The highest BCUT2D eigenvalue weighted by Gasteiger charge is 2.14. The van der Waals surface area contributed by atoms with E-state index in [0.29, 0.717) is 5.56 Å². The number of benzene rings is 3. The maximum Gasteiger partial charge on any atom is 0.150 e. The van der Waals surface area contributed by atoms with Gasteiger partial charge in [-0.05, 0) is 60.7 Å². The normalized spacial score (nSPS) is 11.0. The van der Waals surface area contributed by atoms with Crippen LogP contribution in [-0.4, -0.2) is 25.1 Å². The minimum atomic E-state index is 0.660. The van der Waals surface area contributed by atoms with Crippen LogP contribution in [0.5, 0.6) is 11.5 Å². The second-order valence-corrected chi connectivity index (χ2v) is 5.81. The number of methoxy groups -OCH3 is 2. The van der Waals surface area contributed by atoms with Gasteiger partial charge in [0.1, 0.15) is 17.8 Å². The molecule has 4 aromatic rings. The first-order chi connectivity index (χ1) is 12.2. The molecular weight excluding hydrogens is 314 g/mol. The van der Waals surface area contributed by atoms with Gasteiger partial charge in [0.15, 0.2) is 0 Å². The Bertz CT molecular complexity index is 1020. The number of ether oxygens (including phenoxy) is 2. The predicted molar refractivity (Wildman–Crippen MR) is 99.3 cm³/mol. The van der Waals surface area contributed by atoms with Crippen molar-refractivity contribution in [3.05, 3.63) is 66.2 Å². The standard InChI is InChI=1S/C21H17NO3/c1-24-16-7-9-20-18(11-16)19-12-17(25-2)8-10-21(19)22(20)15-5-3-14(13-23)4-6-15/h3-13H,1-2H3. The zero-order chi connectivity index (χ0) is 17.4. The van der Waals surface area contributed by atoms with E-state index in [1.54, 1.807) is 14.2 Å². The Morgan fingerprint density at radius 3 is 1.72 bits per heavy atom. The molecule has 0 bridgehead atoms. The first-order valence-electron chi connectivity index (χ1n) is 7.97. The zero-order valence-electron chi connectivity index (χ0n) is 14.0. The van der Waals surface area contributed by atoms with Crippen LogP contribution in [0.4, 0.5) is 0 Å². The molecule has 0 saturated heterocycles. The van der Waals surface area contributed by atoms with Crippen LogP contribution in [0.3, 0.4) is 0 Å². The van der Waals surface area contributed by atoms with Crippen molar-refractivity contribution in [3.63, 3.8) is 0 Å². The van der Waals surface area contributed by atoms with Gasteiger partial charge >= 0.3 is 0 Å². The summed E-state index contributed by atoms with van der Waals surface area (Å²) in [6, 6.07) is 19.6. The fourth-order valence-electron chi connectivity index (χ4n) is 3.22. The number of nitrogens with zero attached hydrogens (tertiary/aromatic N) is 1. The largest absolute Gasteiger partial charge is 0.497 e. The van der Waals surface area contributed by atoms with E-state index < -0.39 is 0 Å². The quantitative estimate of drug-likeness (QED) is 0.513. The number of aldehydes is 1. The third kappa shape index (κ3) is 2.43. The van der Waals surface area contributed by atoms with Gasteiger partial charge in [0, 0.05) is 22.0 Å². The average molecular weight is 331 g/mol. The van der Waals surface area contributed by atoms with E-state index in [1.807, 2.05) is 60.7 Å². The van der Waals surface area contributed by atoms with Gasteiger partial charge in [0.05, 0.1) is 25.3 Å². The van der Waals surface area contributed by atoms with E-state index in [4.69, 9.17) is 9.47 Å². The summed E-state index contributed by atoms with van der Waals surface area (Å²) in [4.78, 5) is 10.9. The van der Waals surface area contributed by atoms with Crippen LogP contribution in [0, 0.1) is 0 Å². The second-order valence-electron chi connectivity index (χ2n) is 5.81. The third-order valence-corrected chi connectivity index (χ3v) is 4.47. The monoisotopic (exact) mass is 331 g/mol. The summed E-state index contributed by atoms with van der Waals surface area (Å²) in [5.74, 6) is 1.62. The molecule has 4 rings (SSSR count). The SMILES string of the molecule is COc1ccc2c(c1)c1cc(OC)ccc1n2-c1ccc(C=O)cc1. The van der Waals surface area contributed by atoms with E-state index in [-0.39, 0.29) is 0 Å². The highest BCUT2D eigenvalue weighted by molar-refractivity contribution is 6.10. The van der Waals surface area contributed by atoms with Gasteiger partial charge in [-0.15, -0.1) is 0 Å². The van der Waals surface area contributed by atoms with Crippen molar-refractivity contribution in [1.82, 2.24) is 4.57 Å². The van der Waals surface area contributed by atoms with Crippen LogP contribution in [0.1, 0.15) is 10.4 Å². The molecule has 124 valence electrons. The van der Waals surface area contributed by atoms with Crippen molar-refractivity contribution in [1.29, 1.82) is 0 Å². The summed E-state index contributed by atoms with van der Waals surface area (Å²) in [7, 11) is 3.33. The molecule has 0 aliphatic heterocycles. The summed E-state index contributed by atoms with van der Waals surface area (Å²) < 4.78 is 13.0. The minimum absolute atomic E-state index is 0.660. The molecule has 0 atom stereocenters. The predicted octanol–water partition coefficient (Wildman–Crippen LogP) is 4.61. The van der Waals surface area contributed by atoms with Gasteiger partial charge in [-0.25, -0.2) is 0 Å². The molecule has 4 nitrogen and oxygen atoms in total. The third-order valence-electron chi connectivity index (χ3n) is 4.47. The lowest BCUT2D eigenvalue weighted by Gasteiger charge is -2.08. The molecule has 1 heterocycles. The molecule has 0 N–H and O–H groups in total. The van der Waals surface area contributed by atoms with Crippen molar-refractivity contribution in [2.45, 2.75) is 0 Å². The summed E-state index contributed by atoms with van der Waals surface area (Å²) in [6.45, 7) is 0. The van der Waals surface area contributed by atoms with E-state index in [0.717, 1.165) is 45.3 Å². The smallest absolute Gasteiger partial charge is 0.150 e. The summed E-state index contributed by atoms with van der Waals surface area (Å²) in [5, 5.41) is 2.18. The summed E-state index contributed by atoms with van der Waals surface area (Å²) >= 11 is 0. The van der Waals surface area contributed by atoms with Gasteiger partial charge in [0.25, 0.3) is 0 Å². The number of carbonyl (C=O) groups is 1. The topological polar surface area (TPSA) is 40.5 Å². The highest BCUT2D eigenvalue weighted by Crippen LogP contribution is 2.36. The Morgan fingerprint density at radius 1 is 0.760 bits per heavy atom. The zero-order valence-corrected chi connectivity index (χ0v) is 14.0. The van der Waals surface area contributed by atoms with Crippen molar-refractivity contribution in [3.8, 4) is 17.2 Å². The molecule has 0 aliphatic carbocycles. The second kappa shape index (κ2) is 5.98. The molecule has 1 aromatic heterocycles. The Balaban J connectivity index is 2.08. The number of fused-ring (bicyclic) bond motifs is 3. The fourth-order valence-corrected chi connectivity index (χ4v) is 3.22. The molecule has 3 aromatic carbocycles. The molecule has 4 heteroatoms. The number of aromatic nitrogens is 1. The van der Waals surface area contributed by atoms with Crippen LogP contribution in [0.15, 0.2) is 60.7 Å². The molecule has 0 aliphatic rings. The lowest BCUT2D eigenvalue weighted by atomic mass is 10.1. The molecular formula is C21H17NO3. The lowest BCUT2D eigenvalue weighted by Crippen LogP contribution is -1.94. The first-order valence-corrected chi connectivity index (χ1v) is 7.97. The van der Waals surface area contributed by atoms with Gasteiger partial charge in [-0.1, -0.05) is 0 Å². The Labute approximate surface area is 145 Å². The highest BCUT2D eigenvalue weighted by atomic mass is 16.5. The average Bonchev–Trinajstić information content (AvgIpc) is 3.00. The molecule has 0 saturated carbocycles. The van der Waals surface area contributed by atoms with Crippen molar-refractivity contribution in [2.75, 3.05) is 14.2 Å². The molecule has 0 unspecified atom stereocenters. The minimum Gasteiger partial charge on any atom is -0.497 e. The number of rotatable bonds is 4. The van der Waals surface area contributed by atoms with Gasteiger partial charge < -0.3 is 14.0 Å². The van der Waals surface area contributed by atoms with Gasteiger partial charge in [-0.2, -0.15) is 0 Å². The number of hydrogen-bond acceptors (Lipinski definition) is 3. The Kier molecular flexibility index (Phi) is 3.65. The van der Waals surface area contributed by atoms with Crippen LogP contribution >= 0.6 is 0 Å². The van der Waals surface area contributed by atoms with E-state index in [2.05, 4.69) is 4.57 Å². The molecule has 0 radical (unpaired) electrons. The molecule has 0 amide bonds. The van der Waals surface area contributed by atoms with Crippen molar-refractivity contribution in [2.24, 2.45) is 0 Å². The number of hydrogen-bond donors (Lipinski definition) is 0. The van der Waals surface area contributed by atoms with E-state index >= 15 is 0 Å². The van der Waals surface area contributed by atoms with Crippen LogP contribution in [-0.2, 0) is 0 Å². The van der Waals surface area contributed by atoms with E-state index in [1.165, 1.54) is 0 Å². The number of carbonyl (C=O) groups excluding carboxylic acids is 1. The van der Waals surface area contributed by atoms with Gasteiger partial charge in [0.2, 0.25) is 0 Å². The summed E-state index contributed by atoms with van der Waals surface area (Å²) in [5.41, 5.74) is 3.81. The first kappa shape index (κ1) is 15.3. The molecule has 25 heavy (non-hydrogen) atoms. The maximum absolute atomic E-state index is 10.9. The van der Waals surface area contributed by atoms with Crippen LogP contribution in [0.2, 0.25) is 0 Å². The summed E-state index contributed by atoms with van der Waals surface area (Å²) in [6.07, 6.45) is 0.853. The Hall–Kier alpha value is -3.27. The van der Waals surface area contributed by atoms with Crippen molar-refractivity contribution < 1.29 is 14.3 Å². The maximum atomic E-state index is 10.9. The fraction of sp³-hybridized carbons (Fsp3) is 0.0952. The van der Waals surface area contributed by atoms with Gasteiger partial charge in [-0.3, -0.25) is 4.79 Å². The van der Waals surface area contributed by atoms with Crippen LogP contribution in [0.25, 0.3) is 27.5 Å². The molecule has 0 fully saturated rings. The van der Waals surface area contributed by atoms with Crippen LogP contribution < -0.4 is 9.47 Å². The lowest BCUT2D eigenvalue weighted by molar-refractivity contribution is 0.112.